The van der Waals surface area contributed by atoms with E-state index < -0.39 is 5.91 Å². The Morgan fingerprint density at radius 2 is 1.91 bits per heavy atom. The summed E-state index contributed by atoms with van der Waals surface area (Å²) in [6.45, 7) is 4.52. The van der Waals surface area contributed by atoms with Gasteiger partial charge in [0.2, 0.25) is 5.91 Å². The molecule has 1 saturated heterocycles. The van der Waals surface area contributed by atoms with Gasteiger partial charge in [-0.25, -0.2) is 0 Å². The van der Waals surface area contributed by atoms with Crippen LogP contribution in [0.5, 0.6) is 11.5 Å². The molecule has 0 radical (unpaired) electrons. The van der Waals surface area contributed by atoms with Crippen LogP contribution in [0.3, 0.4) is 0 Å². The lowest BCUT2D eigenvalue weighted by atomic mass is 10.1. The fourth-order valence-corrected chi connectivity index (χ4v) is 3.33. The number of primary amides is 1. The number of rotatable bonds is 10. The number of morpholine rings is 1. The van der Waals surface area contributed by atoms with Gasteiger partial charge in [-0.2, -0.15) is 0 Å². The summed E-state index contributed by atoms with van der Waals surface area (Å²) in [5.74, 6) is 0.0895. The SMILES string of the molecule is COc1cc(C=CC(=O)NCc2cccc(CN3CCOCC3)c2)ccc1OCC(N)=O. The van der Waals surface area contributed by atoms with Crippen LogP contribution >= 0.6 is 0 Å². The second-order valence-corrected chi connectivity index (χ2v) is 7.42. The number of nitrogens with two attached hydrogens (primary N) is 1. The third kappa shape index (κ3) is 7.40. The highest BCUT2D eigenvalue weighted by molar-refractivity contribution is 5.91. The molecule has 32 heavy (non-hydrogen) atoms. The van der Waals surface area contributed by atoms with Crippen molar-refractivity contribution in [1.29, 1.82) is 0 Å². The maximum Gasteiger partial charge on any atom is 0.255 e. The Kier molecular flexibility index (Phi) is 8.65. The number of methoxy groups -OCH3 is 1. The van der Waals surface area contributed by atoms with Crippen molar-refractivity contribution in [2.75, 3.05) is 40.0 Å². The predicted molar refractivity (Wildman–Crippen MR) is 121 cm³/mol. The monoisotopic (exact) mass is 439 g/mol. The summed E-state index contributed by atoms with van der Waals surface area (Å²) < 4.78 is 16.0. The third-order valence-corrected chi connectivity index (χ3v) is 4.95. The first-order valence-electron chi connectivity index (χ1n) is 10.5. The van der Waals surface area contributed by atoms with E-state index in [1.54, 1.807) is 24.3 Å². The zero-order valence-electron chi connectivity index (χ0n) is 18.2. The Morgan fingerprint density at radius 1 is 1.12 bits per heavy atom. The van der Waals surface area contributed by atoms with Gasteiger partial charge in [-0.15, -0.1) is 0 Å². The smallest absolute Gasteiger partial charge is 0.255 e. The van der Waals surface area contributed by atoms with Crippen LogP contribution < -0.4 is 20.5 Å². The first-order chi connectivity index (χ1) is 15.5. The van der Waals surface area contributed by atoms with Gasteiger partial charge in [0.05, 0.1) is 20.3 Å². The Balaban J connectivity index is 1.52. The molecule has 1 aliphatic heterocycles. The number of nitrogens with one attached hydrogen (secondary N) is 1. The molecule has 3 rings (SSSR count). The number of hydrogen-bond acceptors (Lipinski definition) is 6. The predicted octanol–water partition coefficient (Wildman–Crippen LogP) is 1.72. The molecular weight excluding hydrogens is 410 g/mol. The molecule has 1 heterocycles. The average molecular weight is 440 g/mol. The van der Waals surface area contributed by atoms with Gasteiger partial charge in [0.1, 0.15) is 0 Å². The van der Waals surface area contributed by atoms with E-state index in [9.17, 15) is 9.59 Å². The van der Waals surface area contributed by atoms with E-state index in [0.29, 0.717) is 18.0 Å². The lowest BCUT2D eigenvalue weighted by molar-refractivity contribution is -0.120. The maximum absolute atomic E-state index is 12.3. The molecule has 3 N–H and O–H groups in total. The molecular formula is C24H29N3O5. The molecule has 2 amide bonds. The highest BCUT2D eigenvalue weighted by Crippen LogP contribution is 2.28. The van der Waals surface area contributed by atoms with Crippen LogP contribution in [0.2, 0.25) is 0 Å². The molecule has 0 unspecified atom stereocenters. The Morgan fingerprint density at radius 3 is 2.66 bits per heavy atom. The molecule has 0 aromatic heterocycles. The topological polar surface area (TPSA) is 103 Å². The van der Waals surface area contributed by atoms with Crippen molar-refractivity contribution < 1.29 is 23.8 Å². The van der Waals surface area contributed by atoms with E-state index in [2.05, 4.69) is 22.3 Å². The van der Waals surface area contributed by atoms with Gasteiger partial charge in [0, 0.05) is 32.3 Å². The zero-order chi connectivity index (χ0) is 22.8. The first-order valence-corrected chi connectivity index (χ1v) is 10.5. The van der Waals surface area contributed by atoms with E-state index in [1.807, 2.05) is 12.1 Å². The molecule has 2 aromatic carbocycles. The zero-order valence-corrected chi connectivity index (χ0v) is 18.2. The number of carbonyl (C=O) groups is 2. The Labute approximate surface area is 187 Å². The van der Waals surface area contributed by atoms with E-state index >= 15 is 0 Å². The summed E-state index contributed by atoms with van der Waals surface area (Å²) in [5, 5.41) is 2.91. The van der Waals surface area contributed by atoms with E-state index in [0.717, 1.165) is 44.0 Å². The Hall–Kier alpha value is -3.36. The van der Waals surface area contributed by atoms with Gasteiger partial charge in [0.25, 0.3) is 5.91 Å². The van der Waals surface area contributed by atoms with Gasteiger partial charge >= 0.3 is 0 Å². The number of nitrogens with zero attached hydrogens (tertiary/aromatic N) is 1. The van der Waals surface area contributed by atoms with Gasteiger partial charge in [0.15, 0.2) is 18.1 Å². The van der Waals surface area contributed by atoms with Gasteiger partial charge in [-0.3, -0.25) is 14.5 Å². The fraction of sp³-hybridized carbons (Fsp3) is 0.333. The standard InChI is InChI=1S/C24H29N3O5/c1-30-22-14-18(5-7-21(22)32-17-23(25)28)6-8-24(29)26-15-19-3-2-4-20(13-19)16-27-9-11-31-12-10-27/h2-8,13-14H,9-12,15-17H2,1H3,(H2,25,28)(H,26,29). The quantitative estimate of drug-likeness (QED) is 0.547. The van der Waals surface area contributed by atoms with Crippen molar-refractivity contribution in [1.82, 2.24) is 10.2 Å². The number of ether oxygens (including phenoxy) is 3. The fourth-order valence-electron chi connectivity index (χ4n) is 3.33. The summed E-state index contributed by atoms with van der Waals surface area (Å²) >= 11 is 0. The largest absolute Gasteiger partial charge is 0.493 e. The van der Waals surface area contributed by atoms with Crippen LogP contribution in [-0.2, 0) is 27.4 Å². The molecule has 1 aliphatic rings. The maximum atomic E-state index is 12.3. The second-order valence-electron chi connectivity index (χ2n) is 7.42. The normalized spacial score (nSPS) is 14.3. The highest BCUT2D eigenvalue weighted by atomic mass is 16.5. The van der Waals surface area contributed by atoms with Crippen LogP contribution in [0, 0.1) is 0 Å². The minimum atomic E-state index is -0.570. The van der Waals surface area contributed by atoms with Crippen LogP contribution in [-0.4, -0.2) is 56.7 Å². The average Bonchev–Trinajstić information content (AvgIpc) is 2.81. The van der Waals surface area contributed by atoms with Crippen molar-refractivity contribution in [3.63, 3.8) is 0 Å². The highest BCUT2D eigenvalue weighted by Gasteiger charge is 2.11. The minimum Gasteiger partial charge on any atom is -0.493 e. The van der Waals surface area contributed by atoms with Crippen LogP contribution in [0.25, 0.3) is 6.08 Å². The van der Waals surface area contributed by atoms with Crippen molar-refractivity contribution >= 4 is 17.9 Å². The van der Waals surface area contributed by atoms with Crippen LogP contribution in [0.4, 0.5) is 0 Å². The van der Waals surface area contributed by atoms with E-state index in [1.165, 1.54) is 18.7 Å². The van der Waals surface area contributed by atoms with Crippen molar-refractivity contribution in [2.45, 2.75) is 13.1 Å². The lowest BCUT2D eigenvalue weighted by Crippen LogP contribution is -2.35. The number of benzene rings is 2. The molecule has 0 spiro atoms. The van der Waals surface area contributed by atoms with E-state index in [-0.39, 0.29) is 12.5 Å². The molecule has 8 nitrogen and oxygen atoms in total. The van der Waals surface area contributed by atoms with E-state index in [4.69, 9.17) is 19.9 Å². The first kappa shape index (κ1) is 23.3. The summed E-state index contributed by atoms with van der Waals surface area (Å²) in [4.78, 5) is 25.5. The minimum absolute atomic E-state index is 0.198. The van der Waals surface area contributed by atoms with Crippen LogP contribution in [0.15, 0.2) is 48.5 Å². The molecule has 0 atom stereocenters. The molecule has 8 heteroatoms. The summed E-state index contributed by atoms with van der Waals surface area (Å²) in [7, 11) is 1.50. The van der Waals surface area contributed by atoms with Crippen molar-refractivity contribution in [2.24, 2.45) is 5.73 Å². The number of carbonyl (C=O) groups excluding carboxylic acids is 2. The molecule has 0 aliphatic carbocycles. The van der Waals surface area contributed by atoms with Gasteiger partial charge in [-0.05, 0) is 34.9 Å². The number of hydrogen-bond donors (Lipinski definition) is 2. The molecule has 1 fully saturated rings. The van der Waals surface area contributed by atoms with Crippen molar-refractivity contribution in [3.05, 3.63) is 65.2 Å². The Bertz CT molecular complexity index is 954. The molecule has 2 aromatic rings. The number of amides is 2. The summed E-state index contributed by atoms with van der Waals surface area (Å²) in [6.07, 6.45) is 3.15. The van der Waals surface area contributed by atoms with Gasteiger partial charge < -0.3 is 25.3 Å². The second kappa shape index (κ2) is 11.9. The molecule has 170 valence electrons. The summed E-state index contributed by atoms with van der Waals surface area (Å²) in [5.41, 5.74) is 8.13. The van der Waals surface area contributed by atoms with Gasteiger partial charge in [-0.1, -0.05) is 30.3 Å². The molecule has 0 saturated carbocycles. The molecule has 0 bridgehead atoms. The summed E-state index contributed by atoms with van der Waals surface area (Å²) in [6, 6.07) is 13.4. The third-order valence-electron chi connectivity index (χ3n) is 4.95. The van der Waals surface area contributed by atoms with Crippen LogP contribution in [0.1, 0.15) is 16.7 Å². The lowest BCUT2D eigenvalue weighted by Gasteiger charge is -2.26. The van der Waals surface area contributed by atoms with Crippen molar-refractivity contribution in [3.8, 4) is 11.5 Å².